The van der Waals surface area contributed by atoms with Gasteiger partial charge in [0.2, 0.25) is 0 Å². The van der Waals surface area contributed by atoms with Crippen LogP contribution in [0.5, 0.6) is 0 Å². The Hall–Kier alpha value is 0.623. The zero-order valence-electron chi connectivity index (χ0n) is 10.9. The standard InChI is InChI=1S/C14H29.Zn/c1-3-5-7-9-11-13-14-12-10-8-6-4-2;/h1,3-14H2,2H3;. The molecule has 1 heteroatoms. The van der Waals surface area contributed by atoms with Gasteiger partial charge in [0.25, 0.3) is 0 Å². The molecule has 0 aliphatic carbocycles. The first-order valence-corrected chi connectivity index (χ1v) is 9.31. The Morgan fingerprint density at radius 3 is 1.20 bits per heavy atom. The Morgan fingerprint density at radius 1 is 0.533 bits per heavy atom. The third kappa shape index (κ3) is 14.6. The van der Waals surface area contributed by atoms with Crippen molar-refractivity contribution in [3.05, 3.63) is 0 Å². The molecule has 0 aliphatic rings. The van der Waals surface area contributed by atoms with Gasteiger partial charge < -0.3 is 0 Å². The molecule has 0 radical (unpaired) electrons. The molecule has 0 saturated heterocycles. The van der Waals surface area contributed by atoms with Crippen molar-refractivity contribution in [1.29, 1.82) is 0 Å². The van der Waals surface area contributed by atoms with Gasteiger partial charge in [-0.15, -0.1) is 0 Å². The fourth-order valence-electron chi connectivity index (χ4n) is 2.02. The summed E-state index contributed by atoms with van der Waals surface area (Å²) >= 11 is 1.50. The summed E-state index contributed by atoms with van der Waals surface area (Å²) in [5, 5.41) is 1.50. The van der Waals surface area contributed by atoms with Gasteiger partial charge in [0.1, 0.15) is 0 Å². The Kier molecular flexibility index (Phi) is 15.2. The van der Waals surface area contributed by atoms with Crippen LogP contribution >= 0.6 is 0 Å². The van der Waals surface area contributed by atoms with Gasteiger partial charge in [-0.25, -0.2) is 0 Å². The SMILES string of the molecule is CCCCCCCCCCCCC[CH2][Zn]. The van der Waals surface area contributed by atoms with Crippen LogP contribution in [0.1, 0.15) is 84.0 Å². The first-order valence-electron chi connectivity index (χ1n) is 7.21. The molecule has 0 nitrogen and oxygen atoms in total. The molecule has 0 heterocycles. The first kappa shape index (κ1) is 15.6. The summed E-state index contributed by atoms with van der Waals surface area (Å²) in [4.78, 5) is 0. The molecular formula is C14H29Zn. The van der Waals surface area contributed by atoms with Crippen molar-refractivity contribution in [2.45, 2.75) is 89.0 Å². The van der Waals surface area contributed by atoms with E-state index in [2.05, 4.69) is 6.92 Å². The molecule has 0 spiro atoms. The summed E-state index contributed by atoms with van der Waals surface area (Å²) in [6.07, 6.45) is 17.7. The monoisotopic (exact) mass is 261 g/mol. The Balaban J connectivity index is 2.81. The third-order valence-corrected chi connectivity index (χ3v) is 4.15. The van der Waals surface area contributed by atoms with Gasteiger partial charge in [0.05, 0.1) is 0 Å². The number of rotatable bonds is 12. The summed E-state index contributed by atoms with van der Waals surface area (Å²) in [6.45, 7) is 2.29. The Morgan fingerprint density at radius 2 is 0.867 bits per heavy atom. The minimum absolute atomic E-state index is 1.38. The molecular weight excluding hydrogens is 234 g/mol. The van der Waals surface area contributed by atoms with Gasteiger partial charge >= 0.3 is 93.9 Å². The van der Waals surface area contributed by atoms with Crippen molar-refractivity contribution in [2.24, 2.45) is 0 Å². The van der Waals surface area contributed by atoms with Crippen LogP contribution in [-0.4, -0.2) is 0 Å². The molecule has 0 aromatic heterocycles. The van der Waals surface area contributed by atoms with E-state index in [1.807, 2.05) is 0 Å². The van der Waals surface area contributed by atoms with Crippen LogP contribution in [0.25, 0.3) is 0 Å². The van der Waals surface area contributed by atoms with E-state index in [1.54, 1.807) is 0 Å². The van der Waals surface area contributed by atoms with Gasteiger partial charge in [0.15, 0.2) is 0 Å². The van der Waals surface area contributed by atoms with Gasteiger partial charge in [-0.2, -0.15) is 0 Å². The van der Waals surface area contributed by atoms with E-state index in [0.717, 1.165) is 0 Å². The quantitative estimate of drug-likeness (QED) is 0.315. The van der Waals surface area contributed by atoms with Crippen molar-refractivity contribution in [3.63, 3.8) is 0 Å². The molecule has 0 unspecified atom stereocenters. The normalized spacial score (nSPS) is 10.9. The van der Waals surface area contributed by atoms with Crippen LogP contribution in [0.2, 0.25) is 5.02 Å². The average molecular weight is 263 g/mol. The van der Waals surface area contributed by atoms with Crippen molar-refractivity contribution in [2.75, 3.05) is 0 Å². The summed E-state index contributed by atoms with van der Waals surface area (Å²) in [5.74, 6) is 0. The van der Waals surface area contributed by atoms with E-state index in [0.29, 0.717) is 0 Å². The van der Waals surface area contributed by atoms with E-state index in [1.165, 1.54) is 100 Å². The van der Waals surface area contributed by atoms with E-state index >= 15 is 0 Å². The molecule has 0 amide bonds. The molecule has 0 rings (SSSR count). The van der Waals surface area contributed by atoms with Crippen LogP contribution < -0.4 is 0 Å². The Bertz CT molecular complexity index is 89.5. The summed E-state index contributed by atoms with van der Waals surface area (Å²) in [7, 11) is 0. The zero-order valence-corrected chi connectivity index (χ0v) is 13.9. The van der Waals surface area contributed by atoms with Gasteiger partial charge in [-0.3, -0.25) is 0 Å². The number of hydrogen-bond acceptors (Lipinski definition) is 0. The van der Waals surface area contributed by atoms with Crippen LogP contribution in [0.3, 0.4) is 0 Å². The first-order chi connectivity index (χ1) is 7.41. The molecule has 0 saturated carbocycles. The summed E-state index contributed by atoms with van der Waals surface area (Å²) in [5.41, 5.74) is 0. The van der Waals surface area contributed by atoms with Crippen LogP contribution in [0.4, 0.5) is 0 Å². The van der Waals surface area contributed by atoms with Crippen LogP contribution in [0.15, 0.2) is 0 Å². The second kappa shape index (κ2) is 14.6. The topological polar surface area (TPSA) is 0 Å². The molecule has 0 bridgehead atoms. The number of hydrogen-bond donors (Lipinski definition) is 0. The van der Waals surface area contributed by atoms with Crippen molar-refractivity contribution >= 4 is 0 Å². The predicted octanol–water partition coefficient (Wildman–Crippen LogP) is 5.65. The maximum atomic E-state index is 2.29. The van der Waals surface area contributed by atoms with E-state index < -0.39 is 0 Å². The predicted molar refractivity (Wildman–Crippen MR) is 65.9 cm³/mol. The number of unbranched alkanes of at least 4 members (excludes halogenated alkanes) is 11. The van der Waals surface area contributed by atoms with Crippen LogP contribution in [-0.2, 0) is 18.3 Å². The van der Waals surface area contributed by atoms with Gasteiger partial charge in [-0.05, 0) is 0 Å². The zero-order chi connectivity index (χ0) is 11.2. The molecule has 0 aromatic rings. The second-order valence-electron chi connectivity index (χ2n) is 4.74. The molecule has 0 aliphatic heterocycles. The van der Waals surface area contributed by atoms with Crippen molar-refractivity contribution in [1.82, 2.24) is 0 Å². The van der Waals surface area contributed by atoms with E-state index in [-0.39, 0.29) is 0 Å². The van der Waals surface area contributed by atoms with Gasteiger partial charge in [0, 0.05) is 0 Å². The maximum absolute atomic E-state index is 2.29. The second-order valence-corrected chi connectivity index (χ2v) is 6.23. The summed E-state index contributed by atoms with van der Waals surface area (Å²) in [6, 6.07) is 0. The Labute approximate surface area is 107 Å². The third-order valence-electron chi connectivity index (χ3n) is 3.10. The van der Waals surface area contributed by atoms with Crippen molar-refractivity contribution < 1.29 is 18.3 Å². The summed E-state index contributed by atoms with van der Waals surface area (Å²) < 4.78 is 0. The fraction of sp³-hybridized carbons (Fsp3) is 1.00. The fourth-order valence-corrected chi connectivity index (χ4v) is 2.76. The van der Waals surface area contributed by atoms with Gasteiger partial charge in [-0.1, -0.05) is 13.3 Å². The molecule has 0 aromatic carbocycles. The molecule has 87 valence electrons. The molecule has 15 heavy (non-hydrogen) atoms. The molecule has 0 fully saturated rings. The minimum atomic E-state index is 1.38. The van der Waals surface area contributed by atoms with Crippen molar-refractivity contribution in [3.8, 4) is 0 Å². The van der Waals surface area contributed by atoms with E-state index in [9.17, 15) is 0 Å². The molecule has 0 N–H and O–H groups in total. The van der Waals surface area contributed by atoms with E-state index in [4.69, 9.17) is 0 Å². The van der Waals surface area contributed by atoms with Crippen LogP contribution in [0, 0.1) is 0 Å². The molecule has 0 atom stereocenters. The average Bonchev–Trinajstić information content (AvgIpc) is 2.26.